The quantitative estimate of drug-likeness (QED) is 0.381. The Morgan fingerprint density at radius 1 is 1.28 bits per heavy atom. The lowest BCUT2D eigenvalue weighted by atomic mass is 10.2. The van der Waals surface area contributed by atoms with Gasteiger partial charge in [0.25, 0.3) is 5.69 Å². The van der Waals surface area contributed by atoms with Crippen molar-refractivity contribution in [3.8, 4) is 17.0 Å². The van der Waals surface area contributed by atoms with Crippen LogP contribution in [-0.4, -0.2) is 27.3 Å². The Balaban J connectivity index is 1.56. The van der Waals surface area contributed by atoms with Gasteiger partial charge in [-0.15, -0.1) is 11.3 Å². The van der Waals surface area contributed by atoms with Gasteiger partial charge in [0.15, 0.2) is 4.96 Å². The first kappa shape index (κ1) is 18.6. The molecule has 4 rings (SSSR count). The zero-order valence-electron chi connectivity index (χ0n) is 15.4. The van der Waals surface area contributed by atoms with Crippen molar-refractivity contribution in [3.05, 3.63) is 75.9 Å². The molecule has 4 aromatic rings. The molecule has 146 valence electrons. The van der Waals surface area contributed by atoms with E-state index in [9.17, 15) is 14.9 Å². The fraction of sp³-hybridized carbons (Fsp3) is 0.100. The molecule has 8 nitrogen and oxygen atoms in total. The summed E-state index contributed by atoms with van der Waals surface area (Å²) in [4.78, 5) is 28.5. The number of rotatable bonds is 6. The van der Waals surface area contributed by atoms with Crippen molar-refractivity contribution in [1.29, 1.82) is 0 Å². The average molecular weight is 408 g/mol. The SMILES string of the molecule is COc1ccc([N+](=O)[O-])cc1NC(=O)Cc1csc2nc(-c3ccccc3)cn12. The van der Waals surface area contributed by atoms with Crippen molar-refractivity contribution in [2.45, 2.75) is 6.42 Å². The number of amides is 1. The van der Waals surface area contributed by atoms with Gasteiger partial charge in [0.1, 0.15) is 5.75 Å². The van der Waals surface area contributed by atoms with Gasteiger partial charge in [0, 0.05) is 35.0 Å². The van der Waals surface area contributed by atoms with Gasteiger partial charge in [0.2, 0.25) is 5.91 Å². The van der Waals surface area contributed by atoms with Crippen molar-refractivity contribution in [1.82, 2.24) is 9.38 Å². The van der Waals surface area contributed by atoms with Gasteiger partial charge in [0.05, 0.1) is 29.8 Å². The third-order valence-corrected chi connectivity index (χ3v) is 5.25. The molecular weight excluding hydrogens is 392 g/mol. The molecule has 0 spiro atoms. The zero-order chi connectivity index (χ0) is 20.4. The maximum Gasteiger partial charge on any atom is 0.271 e. The summed E-state index contributed by atoms with van der Waals surface area (Å²) in [6.45, 7) is 0. The summed E-state index contributed by atoms with van der Waals surface area (Å²) >= 11 is 1.45. The number of non-ortho nitro benzene ring substituents is 1. The number of nitro benzene ring substituents is 1. The first-order valence-corrected chi connectivity index (χ1v) is 9.56. The molecule has 0 aliphatic heterocycles. The molecule has 0 fully saturated rings. The van der Waals surface area contributed by atoms with Crippen LogP contribution in [0.4, 0.5) is 11.4 Å². The molecule has 9 heteroatoms. The Kier molecular flexibility index (Phi) is 4.96. The molecule has 0 aliphatic rings. The number of nitrogens with zero attached hydrogens (tertiary/aromatic N) is 3. The second kappa shape index (κ2) is 7.72. The van der Waals surface area contributed by atoms with Crippen molar-refractivity contribution >= 4 is 33.6 Å². The molecule has 1 amide bonds. The van der Waals surface area contributed by atoms with E-state index in [1.54, 1.807) is 0 Å². The maximum absolute atomic E-state index is 12.6. The average Bonchev–Trinajstić information content (AvgIpc) is 3.30. The molecular formula is C20H16N4O4S. The van der Waals surface area contributed by atoms with Crippen LogP contribution in [0.1, 0.15) is 5.69 Å². The van der Waals surface area contributed by atoms with Crippen molar-refractivity contribution < 1.29 is 14.5 Å². The molecule has 0 radical (unpaired) electrons. The molecule has 0 atom stereocenters. The minimum absolute atomic E-state index is 0.0937. The summed E-state index contributed by atoms with van der Waals surface area (Å²) in [5, 5.41) is 15.6. The standard InChI is InChI=1S/C20H16N4O4S/c1-28-18-8-7-14(24(26)27)9-16(18)21-19(25)10-15-12-29-20-22-17(11-23(15)20)13-5-3-2-4-6-13/h2-9,11-12H,10H2,1H3,(H,21,25). The second-order valence-corrected chi connectivity index (χ2v) is 7.07. The molecule has 29 heavy (non-hydrogen) atoms. The highest BCUT2D eigenvalue weighted by Crippen LogP contribution is 2.29. The fourth-order valence-corrected chi connectivity index (χ4v) is 3.84. The van der Waals surface area contributed by atoms with Crippen LogP contribution in [0.25, 0.3) is 16.2 Å². The molecule has 0 bridgehead atoms. The summed E-state index contributed by atoms with van der Waals surface area (Å²) in [7, 11) is 1.44. The molecule has 0 aliphatic carbocycles. The number of carbonyl (C=O) groups is 1. The third-order valence-electron chi connectivity index (χ3n) is 4.36. The Hall–Kier alpha value is -3.72. The van der Waals surface area contributed by atoms with Gasteiger partial charge < -0.3 is 10.1 Å². The van der Waals surface area contributed by atoms with E-state index in [2.05, 4.69) is 10.3 Å². The number of benzene rings is 2. The molecule has 2 heterocycles. The van der Waals surface area contributed by atoms with E-state index < -0.39 is 4.92 Å². The smallest absolute Gasteiger partial charge is 0.271 e. The van der Waals surface area contributed by atoms with Gasteiger partial charge in [-0.3, -0.25) is 19.3 Å². The van der Waals surface area contributed by atoms with Crippen LogP contribution < -0.4 is 10.1 Å². The van der Waals surface area contributed by atoms with Crippen LogP contribution in [0.3, 0.4) is 0 Å². The highest BCUT2D eigenvalue weighted by molar-refractivity contribution is 7.15. The number of hydrogen-bond acceptors (Lipinski definition) is 6. The molecule has 0 unspecified atom stereocenters. The predicted molar refractivity (Wildman–Crippen MR) is 110 cm³/mol. The lowest BCUT2D eigenvalue weighted by Crippen LogP contribution is -2.16. The minimum Gasteiger partial charge on any atom is -0.495 e. The van der Waals surface area contributed by atoms with Crippen molar-refractivity contribution in [2.24, 2.45) is 0 Å². The molecule has 0 saturated carbocycles. The van der Waals surface area contributed by atoms with Gasteiger partial charge in [-0.25, -0.2) is 4.98 Å². The van der Waals surface area contributed by atoms with E-state index >= 15 is 0 Å². The molecule has 2 aromatic carbocycles. The van der Waals surface area contributed by atoms with Gasteiger partial charge in [-0.05, 0) is 6.07 Å². The number of carbonyl (C=O) groups excluding carboxylic acids is 1. The van der Waals surface area contributed by atoms with E-state index in [0.29, 0.717) is 5.75 Å². The Morgan fingerprint density at radius 2 is 2.07 bits per heavy atom. The van der Waals surface area contributed by atoms with Gasteiger partial charge in [-0.1, -0.05) is 30.3 Å². The topological polar surface area (TPSA) is 98.8 Å². The number of methoxy groups -OCH3 is 1. The number of fused-ring (bicyclic) bond motifs is 1. The van der Waals surface area contributed by atoms with E-state index in [4.69, 9.17) is 4.74 Å². The Morgan fingerprint density at radius 3 is 2.79 bits per heavy atom. The number of nitrogens with one attached hydrogen (secondary N) is 1. The van der Waals surface area contributed by atoms with Crippen LogP contribution >= 0.6 is 11.3 Å². The Bertz CT molecular complexity index is 1200. The minimum atomic E-state index is -0.520. The first-order chi connectivity index (χ1) is 14.0. The lowest BCUT2D eigenvalue weighted by Gasteiger charge is -2.09. The Labute approximate surface area is 169 Å². The fourth-order valence-electron chi connectivity index (χ4n) is 2.97. The van der Waals surface area contributed by atoms with Crippen LogP contribution in [0.2, 0.25) is 0 Å². The summed E-state index contributed by atoms with van der Waals surface area (Å²) in [6, 6.07) is 13.9. The number of aromatic nitrogens is 2. The van der Waals surface area contributed by atoms with E-state index in [1.807, 2.05) is 46.3 Å². The summed E-state index contributed by atoms with van der Waals surface area (Å²) in [5.74, 6) is 0.0480. The first-order valence-electron chi connectivity index (χ1n) is 8.68. The molecule has 1 N–H and O–H groups in total. The number of anilines is 1. The van der Waals surface area contributed by atoms with Gasteiger partial charge >= 0.3 is 0 Å². The van der Waals surface area contributed by atoms with E-state index in [1.165, 1.54) is 36.6 Å². The monoisotopic (exact) mass is 408 g/mol. The predicted octanol–water partition coefficient (Wildman–Crippen LogP) is 4.16. The van der Waals surface area contributed by atoms with Crippen molar-refractivity contribution in [3.63, 3.8) is 0 Å². The highest BCUT2D eigenvalue weighted by atomic mass is 32.1. The summed E-state index contributed by atoms with van der Waals surface area (Å²) in [5.41, 5.74) is 2.75. The van der Waals surface area contributed by atoms with Crippen LogP contribution in [0, 0.1) is 10.1 Å². The molecule has 2 aromatic heterocycles. The van der Waals surface area contributed by atoms with E-state index in [0.717, 1.165) is 21.9 Å². The van der Waals surface area contributed by atoms with Crippen LogP contribution in [0.5, 0.6) is 5.75 Å². The number of thiazole rings is 1. The normalized spacial score (nSPS) is 10.8. The van der Waals surface area contributed by atoms with Crippen LogP contribution in [-0.2, 0) is 11.2 Å². The number of ether oxygens (including phenoxy) is 1. The highest BCUT2D eigenvalue weighted by Gasteiger charge is 2.16. The molecule has 0 saturated heterocycles. The third kappa shape index (κ3) is 3.81. The summed E-state index contributed by atoms with van der Waals surface area (Å²) in [6.07, 6.45) is 1.99. The van der Waals surface area contributed by atoms with Crippen molar-refractivity contribution in [2.75, 3.05) is 12.4 Å². The second-order valence-electron chi connectivity index (χ2n) is 6.24. The zero-order valence-corrected chi connectivity index (χ0v) is 16.2. The lowest BCUT2D eigenvalue weighted by molar-refractivity contribution is -0.384. The maximum atomic E-state index is 12.6. The van der Waals surface area contributed by atoms with E-state index in [-0.39, 0.29) is 23.7 Å². The largest absolute Gasteiger partial charge is 0.495 e. The number of imidazole rings is 1. The van der Waals surface area contributed by atoms with Crippen LogP contribution in [0.15, 0.2) is 60.1 Å². The van der Waals surface area contributed by atoms with Gasteiger partial charge in [-0.2, -0.15) is 0 Å². The number of nitro groups is 1. The summed E-state index contributed by atoms with van der Waals surface area (Å²) < 4.78 is 7.07. The number of hydrogen-bond donors (Lipinski definition) is 1.